The van der Waals surface area contributed by atoms with E-state index in [1.165, 1.54) is 0 Å². The van der Waals surface area contributed by atoms with Gasteiger partial charge in [-0.1, -0.05) is 24.3 Å². The zero-order chi connectivity index (χ0) is 13.2. The minimum atomic E-state index is -0.00183. The zero-order valence-corrected chi connectivity index (χ0v) is 11.6. The van der Waals surface area contributed by atoms with Gasteiger partial charge in [0.25, 0.3) is 0 Å². The third kappa shape index (κ3) is 5.89. The van der Waals surface area contributed by atoms with E-state index in [1.54, 1.807) is 11.8 Å². The molecule has 0 aliphatic rings. The van der Waals surface area contributed by atoms with Crippen molar-refractivity contribution in [3.8, 4) is 0 Å². The number of para-hydroxylation sites is 1. The standard InChI is InChI=1S/C14H20N2OS/c1-3-9-18-10-8-15-11-14(17)16-13-7-5-4-6-12(13)2/h3-7,15H,1,8-11H2,2H3,(H,16,17). The van der Waals surface area contributed by atoms with E-state index in [0.717, 1.165) is 29.3 Å². The normalized spacial score (nSPS) is 10.1. The van der Waals surface area contributed by atoms with Gasteiger partial charge in [0.2, 0.25) is 5.91 Å². The summed E-state index contributed by atoms with van der Waals surface area (Å²) < 4.78 is 0. The fourth-order valence-electron chi connectivity index (χ4n) is 1.42. The van der Waals surface area contributed by atoms with Crippen LogP contribution in [0.25, 0.3) is 0 Å². The number of hydrogen-bond donors (Lipinski definition) is 2. The highest BCUT2D eigenvalue weighted by molar-refractivity contribution is 7.99. The molecule has 0 saturated carbocycles. The number of amides is 1. The van der Waals surface area contributed by atoms with Gasteiger partial charge in [-0.3, -0.25) is 4.79 Å². The van der Waals surface area contributed by atoms with Crippen LogP contribution in [-0.4, -0.2) is 30.5 Å². The molecule has 3 nitrogen and oxygen atoms in total. The highest BCUT2D eigenvalue weighted by Gasteiger charge is 2.02. The number of anilines is 1. The highest BCUT2D eigenvalue weighted by atomic mass is 32.2. The minimum Gasteiger partial charge on any atom is -0.325 e. The molecule has 1 aromatic rings. The van der Waals surface area contributed by atoms with Crippen molar-refractivity contribution < 1.29 is 4.79 Å². The lowest BCUT2D eigenvalue weighted by Crippen LogP contribution is -2.29. The van der Waals surface area contributed by atoms with Gasteiger partial charge >= 0.3 is 0 Å². The quantitative estimate of drug-likeness (QED) is 0.560. The summed E-state index contributed by atoms with van der Waals surface area (Å²) in [5.41, 5.74) is 1.96. The van der Waals surface area contributed by atoms with Crippen LogP contribution in [-0.2, 0) is 4.79 Å². The molecule has 0 aromatic heterocycles. The number of aryl methyl sites for hydroxylation is 1. The van der Waals surface area contributed by atoms with E-state index in [9.17, 15) is 4.79 Å². The first-order valence-corrected chi connectivity index (χ1v) is 7.14. The van der Waals surface area contributed by atoms with E-state index < -0.39 is 0 Å². The molecule has 0 fully saturated rings. The summed E-state index contributed by atoms with van der Waals surface area (Å²) >= 11 is 1.80. The second kappa shape index (κ2) is 8.78. The Morgan fingerprint density at radius 2 is 2.22 bits per heavy atom. The Hall–Kier alpha value is -1.26. The van der Waals surface area contributed by atoms with E-state index in [1.807, 2.05) is 37.3 Å². The molecule has 98 valence electrons. The maximum atomic E-state index is 11.7. The summed E-state index contributed by atoms with van der Waals surface area (Å²) in [6.45, 7) is 6.82. The number of carbonyl (C=O) groups is 1. The lowest BCUT2D eigenvalue weighted by Gasteiger charge is -2.08. The van der Waals surface area contributed by atoms with E-state index in [2.05, 4.69) is 17.2 Å². The van der Waals surface area contributed by atoms with Crippen LogP contribution in [0.5, 0.6) is 0 Å². The summed E-state index contributed by atoms with van der Waals surface area (Å²) in [7, 11) is 0. The molecular formula is C14H20N2OS. The third-order valence-electron chi connectivity index (χ3n) is 2.36. The molecule has 0 saturated heterocycles. The molecule has 0 heterocycles. The molecule has 0 spiro atoms. The van der Waals surface area contributed by atoms with Gasteiger partial charge < -0.3 is 10.6 Å². The Morgan fingerprint density at radius 3 is 2.94 bits per heavy atom. The molecule has 0 atom stereocenters. The van der Waals surface area contributed by atoms with Gasteiger partial charge in [0, 0.05) is 23.7 Å². The van der Waals surface area contributed by atoms with Crippen molar-refractivity contribution in [2.24, 2.45) is 0 Å². The number of nitrogens with one attached hydrogen (secondary N) is 2. The topological polar surface area (TPSA) is 41.1 Å². The minimum absolute atomic E-state index is 0.00183. The molecular weight excluding hydrogens is 244 g/mol. The van der Waals surface area contributed by atoms with Crippen LogP contribution in [0.3, 0.4) is 0 Å². The Morgan fingerprint density at radius 1 is 1.44 bits per heavy atom. The van der Waals surface area contributed by atoms with E-state index in [0.29, 0.717) is 6.54 Å². The molecule has 0 radical (unpaired) electrons. The van der Waals surface area contributed by atoms with Gasteiger partial charge in [-0.25, -0.2) is 0 Å². The van der Waals surface area contributed by atoms with Crippen molar-refractivity contribution in [2.45, 2.75) is 6.92 Å². The molecule has 2 N–H and O–H groups in total. The second-order valence-corrected chi connectivity index (χ2v) is 5.05. The van der Waals surface area contributed by atoms with Crippen molar-refractivity contribution in [1.29, 1.82) is 0 Å². The molecule has 0 aliphatic heterocycles. The van der Waals surface area contributed by atoms with Gasteiger partial charge in [0.15, 0.2) is 0 Å². The number of rotatable bonds is 8. The van der Waals surface area contributed by atoms with E-state index >= 15 is 0 Å². The predicted molar refractivity (Wildman–Crippen MR) is 80.2 cm³/mol. The number of thioether (sulfide) groups is 1. The fraction of sp³-hybridized carbons (Fsp3) is 0.357. The largest absolute Gasteiger partial charge is 0.325 e. The maximum absolute atomic E-state index is 11.7. The van der Waals surface area contributed by atoms with Gasteiger partial charge in [-0.15, -0.1) is 6.58 Å². The van der Waals surface area contributed by atoms with E-state index in [-0.39, 0.29) is 5.91 Å². The second-order valence-electron chi connectivity index (χ2n) is 3.90. The molecule has 4 heteroatoms. The maximum Gasteiger partial charge on any atom is 0.238 e. The molecule has 1 amide bonds. The van der Waals surface area contributed by atoms with Crippen LogP contribution in [0.2, 0.25) is 0 Å². The van der Waals surface area contributed by atoms with Crippen molar-refractivity contribution in [2.75, 3.05) is 29.9 Å². The highest BCUT2D eigenvalue weighted by Crippen LogP contribution is 2.12. The van der Waals surface area contributed by atoms with Crippen LogP contribution < -0.4 is 10.6 Å². The van der Waals surface area contributed by atoms with Gasteiger partial charge in [0.05, 0.1) is 6.54 Å². The molecule has 1 rings (SSSR count). The number of carbonyl (C=O) groups excluding carboxylic acids is 1. The lowest BCUT2D eigenvalue weighted by atomic mass is 10.2. The Balaban J connectivity index is 2.18. The molecule has 0 bridgehead atoms. The average Bonchev–Trinajstić information content (AvgIpc) is 2.36. The van der Waals surface area contributed by atoms with Crippen LogP contribution in [0, 0.1) is 6.92 Å². The summed E-state index contributed by atoms with van der Waals surface area (Å²) in [4.78, 5) is 11.7. The van der Waals surface area contributed by atoms with Gasteiger partial charge in [-0.05, 0) is 18.6 Å². The number of hydrogen-bond acceptors (Lipinski definition) is 3. The predicted octanol–water partition coefficient (Wildman–Crippen LogP) is 2.44. The zero-order valence-electron chi connectivity index (χ0n) is 10.7. The van der Waals surface area contributed by atoms with Crippen LogP contribution in [0.4, 0.5) is 5.69 Å². The first kappa shape index (κ1) is 14.8. The van der Waals surface area contributed by atoms with Crippen LogP contribution >= 0.6 is 11.8 Å². The van der Waals surface area contributed by atoms with Crippen molar-refractivity contribution in [1.82, 2.24) is 5.32 Å². The molecule has 18 heavy (non-hydrogen) atoms. The first-order valence-electron chi connectivity index (χ1n) is 5.99. The first-order chi connectivity index (χ1) is 8.74. The van der Waals surface area contributed by atoms with Gasteiger partial charge in [-0.2, -0.15) is 11.8 Å². The summed E-state index contributed by atoms with van der Waals surface area (Å²) in [6, 6.07) is 7.77. The molecule has 0 unspecified atom stereocenters. The average molecular weight is 264 g/mol. The van der Waals surface area contributed by atoms with Crippen molar-refractivity contribution in [3.05, 3.63) is 42.5 Å². The van der Waals surface area contributed by atoms with Crippen LogP contribution in [0.15, 0.2) is 36.9 Å². The van der Waals surface area contributed by atoms with Gasteiger partial charge in [0.1, 0.15) is 0 Å². The van der Waals surface area contributed by atoms with Crippen molar-refractivity contribution >= 4 is 23.4 Å². The Bertz CT molecular complexity index is 393. The summed E-state index contributed by atoms with van der Waals surface area (Å²) in [5, 5.41) is 6.00. The van der Waals surface area contributed by atoms with E-state index in [4.69, 9.17) is 0 Å². The lowest BCUT2D eigenvalue weighted by molar-refractivity contribution is -0.115. The van der Waals surface area contributed by atoms with Crippen molar-refractivity contribution in [3.63, 3.8) is 0 Å². The van der Waals surface area contributed by atoms with Crippen LogP contribution in [0.1, 0.15) is 5.56 Å². The third-order valence-corrected chi connectivity index (χ3v) is 3.33. The monoisotopic (exact) mass is 264 g/mol. The Labute approximate surface area is 113 Å². The molecule has 0 aliphatic carbocycles. The molecule has 1 aromatic carbocycles. The SMILES string of the molecule is C=CCSCCNCC(=O)Nc1ccccc1C. The number of benzene rings is 1. The fourth-order valence-corrected chi connectivity index (χ4v) is 2.04. The summed E-state index contributed by atoms with van der Waals surface area (Å²) in [5.74, 6) is 1.94. The Kier molecular flexibility index (Phi) is 7.22. The smallest absolute Gasteiger partial charge is 0.238 e. The summed E-state index contributed by atoms with van der Waals surface area (Å²) in [6.07, 6.45) is 1.88.